The first-order valence-electron chi connectivity index (χ1n) is 5.63. The predicted molar refractivity (Wildman–Crippen MR) is 68.2 cm³/mol. The van der Waals surface area contributed by atoms with Crippen molar-refractivity contribution < 1.29 is 18.1 Å². The van der Waals surface area contributed by atoms with Crippen LogP contribution in [0.4, 0.5) is 5.82 Å². The Kier molecular flexibility index (Phi) is 5.64. The summed E-state index contributed by atoms with van der Waals surface area (Å²) in [7, 11) is -3.42. The van der Waals surface area contributed by atoms with Crippen molar-refractivity contribution in [3.8, 4) is 5.75 Å². The van der Waals surface area contributed by atoms with Gasteiger partial charge in [0.05, 0.1) is 12.4 Å². The zero-order chi connectivity index (χ0) is 14.3. The number of nitrogens with two attached hydrogens (primary N) is 1. The molecule has 0 fully saturated rings. The van der Waals surface area contributed by atoms with Crippen molar-refractivity contribution in [3.05, 3.63) is 28.4 Å². The molecule has 0 aliphatic heterocycles. The van der Waals surface area contributed by atoms with Crippen molar-refractivity contribution in [1.29, 1.82) is 0 Å². The quantitative estimate of drug-likeness (QED) is 0.429. The normalized spacial score (nSPS) is 11.2. The average Bonchev–Trinajstić information content (AvgIpc) is 2.32. The number of ether oxygens (including phenoxy) is 1. The fourth-order valence-electron chi connectivity index (χ4n) is 1.40. The molecule has 0 aromatic carbocycles. The van der Waals surface area contributed by atoms with Gasteiger partial charge in [0.25, 0.3) is 0 Å². The maximum absolute atomic E-state index is 10.7. The van der Waals surface area contributed by atoms with Crippen molar-refractivity contribution >= 4 is 15.8 Å². The third kappa shape index (κ3) is 6.11. The summed E-state index contributed by atoms with van der Waals surface area (Å²) in [6, 6.07) is 3.01. The van der Waals surface area contributed by atoms with Crippen molar-refractivity contribution in [2.75, 3.05) is 12.4 Å². The first-order valence-corrected chi connectivity index (χ1v) is 7.34. The van der Waals surface area contributed by atoms with E-state index in [2.05, 4.69) is 4.98 Å². The summed E-state index contributed by atoms with van der Waals surface area (Å²) in [5.74, 6) is -0.286. The second-order valence-electron chi connectivity index (χ2n) is 3.86. The summed E-state index contributed by atoms with van der Waals surface area (Å²) < 4.78 is 26.6. The SMILES string of the molecule is NS(=O)(=O)CCCCCOc1cccnc1[N+](=O)[O-]. The molecule has 0 amide bonds. The number of hydrogen-bond donors (Lipinski definition) is 1. The minimum absolute atomic E-state index is 0.0694. The standard InChI is InChI=1S/C10H15N3O5S/c11-19(16,17)8-3-1-2-7-18-9-5-4-6-12-10(9)13(14)15/h4-6H,1-3,7-8H2,(H2,11,16,17). The fraction of sp³-hybridized carbons (Fsp3) is 0.500. The molecule has 0 unspecified atom stereocenters. The van der Waals surface area contributed by atoms with Crippen LogP contribution in [-0.2, 0) is 10.0 Å². The van der Waals surface area contributed by atoms with Crippen LogP contribution in [0, 0.1) is 10.1 Å². The van der Waals surface area contributed by atoms with Crippen molar-refractivity contribution in [2.24, 2.45) is 5.14 Å². The Morgan fingerprint density at radius 2 is 2.11 bits per heavy atom. The van der Waals surface area contributed by atoms with E-state index < -0.39 is 14.9 Å². The zero-order valence-electron chi connectivity index (χ0n) is 10.2. The lowest BCUT2D eigenvalue weighted by Gasteiger charge is -2.05. The molecule has 8 nitrogen and oxygen atoms in total. The van der Waals surface area contributed by atoms with Crippen molar-refractivity contribution in [2.45, 2.75) is 19.3 Å². The van der Waals surface area contributed by atoms with Gasteiger partial charge in [0, 0.05) is 0 Å². The van der Waals surface area contributed by atoms with E-state index in [1.807, 2.05) is 0 Å². The average molecular weight is 289 g/mol. The molecule has 9 heteroatoms. The highest BCUT2D eigenvalue weighted by molar-refractivity contribution is 7.89. The molecule has 1 heterocycles. The number of unbranched alkanes of at least 4 members (excludes halogenated alkanes) is 2. The molecule has 1 aromatic heterocycles. The van der Waals surface area contributed by atoms with Gasteiger partial charge < -0.3 is 14.9 Å². The topological polar surface area (TPSA) is 125 Å². The largest absolute Gasteiger partial charge is 0.486 e. The van der Waals surface area contributed by atoms with E-state index in [-0.39, 0.29) is 23.9 Å². The van der Waals surface area contributed by atoms with Crippen LogP contribution in [0.5, 0.6) is 5.75 Å². The minimum atomic E-state index is -3.42. The molecule has 0 aliphatic carbocycles. The number of pyridine rings is 1. The summed E-state index contributed by atoms with van der Waals surface area (Å²) >= 11 is 0. The number of primary sulfonamides is 1. The van der Waals surface area contributed by atoms with Gasteiger partial charge in [-0.1, -0.05) is 0 Å². The van der Waals surface area contributed by atoms with E-state index >= 15 is 0 Å². The van der Waals surface area contributed by atoms with Gasteiger partial charge >= 0.3 is 5.82 Å². The number of nitrogens with zero attached hydrogens (tertiary/aromatic N) is 2. The lowest BCUT2D eigenvalue weighted by atomic mass is 10.3. The summed E-state index contributed by atoms with van der Waals surface area (Å²) in [5.41, 5.74) is 0. The lowest BCUT2D eigenvalue weighted by molar-refractivity contribution is -0.390. The highest BCUT2D eigenvalue weighted by Crippen LogP contribution is 2.22. The van der Waals surface area contributed by atoms with Gasteiger partial charge in [0.2, 0.25) is 15.8 Å². The summed E-state index contributed by atoms with van der Waals surface area (Å²) in [6.45, 7) is 0.261. The van der Waals surface area contributed by atoms with Crippen LogP contribution in [0.3, 0.4) is 0 Å². The van der Waals surface area contributed by atoms with Gasteiger partial charge in [-0.2, -0.15) is 0 Å². The maximum atomic E-state index is 10.7. The Morgan fingerprint density at radius 3 is 2.74 bits per heavy atom. The second-order valence-corrected chi connectivity index (χ2v) is 5.59. The number of nitro groups is 1. The molecular formula is C10H15N3O5S. The van der Waals surface area contributed by atoms with Gasteiger partial charge in [-0.3, -0.25) is 0 Å². The fourth-order valence-corrected chi connectivity index (χ4v) is 2.00. The highest BCUT2D eigenvalue weighted by atomic mass is 32.2. The van der Waals surface area contributed by atoms with Crippen molar-refractivity contribution in [1.82, 2.24) is 4.98 Å². The van der Waals surface area contributed by atoms with Crippen LogP contribution >= 0.6 is 0 Å². The number of rotatable bonds is 8. The van der Waals surface area contributed by atoms with Crippen LogP contribution in [0.2, 0.25) is 0 Å². The molecular weight excluding hydrogens is 274 g/mol. The minimum Gasteiger partial charge on any atom is -0.486 e. The van der Waals surface area contributed by atoms with Crippen LogP contribution in [-0.4, -0.2) is 30.7 Å². The monoisotopic (exact) mass is 289 g/mol. The van der Waals surface area contributed by atoms with Crippen LogP contribution in [0.15, 0.2) is 18.3 Å². The van der Waals surface area contributed by atoms with Crippen LogP contribution < -0.4 is 9.88 Å². The molecule has 0 saturated heterocycles. The zero-order valence-corrected chi connectivity index (χ0v) is 11.0. The molecule has 2 N–H and O–H groups in total. The van der Waals surface area contributed by atoms with Gasteiger partial charge in [0.15, 0.2) is 0 Å². The molecule has 106 valence electrons. The van der Waals surface area contributed by atoms with E-state index in [0.717, 1.165) is 0 Å². The first-order chi connectivity index (χ1) is 8.90. The van der Waals surface area contributed by atoms with E-state index in [1.54, 1.807) is 6.07 Å². The Bertz CT molecular complexity index is 532. The van der Waals surface area contributed by atoms with E-state index in [9.17, 15) is 18.5 Å². The Morgan fingerprint density at radius 1 is 1.37 bits per heavy atom. The van der Waals surface area contributed by atoms with Gasteiger partial charge in [-0.05, 0) is 41.3 Å². The van der Waals surface area contributed by atoms with Crippen LogP contribution in [0.25, 0.3) is 0 Å². The second kappa shape index (κ2) is 7.00. The molecule has 19 heavy (non-hydrogen) atoms. The lowest BCUT2D eigenvalue weighted by Crippen LogP contribution is -2.16. The Balaban J connectivity index is 2.32. The highest BCUT2D eigenvalue weighted by Gasteiger charge is 2.14. The number of hydrogen-bond acceptors (Lipinski definition) is 6. The smallest absolute Gasteiger partial charge is 0.406 e. The molecule has 0 spiro atoms. The van der Waals surface area contributed by atoms with Crippen LogP contribution in [0.1, 0.15) is 19.3 Å². The maximum Gasteiger partial charge on any atom is 0.406 e. The van der Waals surface area contributed by atoms with Gasteiger partial charge in [0.1, 0.15) is 6.20 Å². The number of aromatic nitrogens is 1. The molecule has 1 aromatic rings. The van der Waals surface area contributed by atoms with E-state index in [1.165, 1.54) is 12.3 Å². The summed E-state index contributed by atoms with van der Waals surface area (Å²) in [5, 5.41) is 15.5. The Labute approximate surface area is 110 Å². The van der Waals surface area contributed by atoms with Gasteiger partial charge in [-0.15, -0.1) is 0 Å². The first kappa shape index (κ1) is 15.3. The molecule has 1 rings (SSSR count). The third-order valence-electron chi connectivity index (χ3n) is 2.25. The molecule has 0 radical (unpaired) electrons. The van der Waals surface area contributed by atoms with Gasteiger partial charge in [-0.25, -0.2) is 13.6 Å². The van der Waals surface area contributed by atoms with Crippen molar-refractivity contribution in [3.63, 3.8) is 0 Å². The van der Waals surface area contributed by atoms with E-state index in [0.29, 0.717) is 19.3 Å². The molecule has 0 saturated carbocycles. The number of sulfonamides is 1. The Hall–Kier alpha value is -1.74. The molecule has 0 aliphatic rings. The third-order valence-corrected chi connectivity index (χ3v) is 3.11. The summed E-state index contributed by atoms with van der Waals surface area (Å²) in [6.07, 6.45) is 2.96. The molecule has 0 bridgehead atoms. The van der Waals surface area contributed by atoms with E-state index in [4.69, 9.17) is 9.88 Å². The summed E-state index contributed by atoms with van der Waals surface area (Å²) in [4.78, 5) is 13.6. The molecule has 0 atom stereocenters. The predicted octanol–water partition coefficient (Wildman–Crippen LogP) is 0.827.